The van der Waals surface area contributed by atoms with Crippen LogP contribution < -0.4 is 10.2 Å². The molecule has 1 saturated heterocycles. The Kier molecular flexibility index (Phi) is 7.21. The molecule has 0 saturated carbocycles. The van der Waals surface area contributed by atoms with Crippen molar-refractivity contribution in [2.24, 2.45) is 0 Å². The molecule has 29 heavy (non-hydrogen) atoms. The van der Waals surface area contributed by atoms with Gasteiger partial charge in [0.15, 0.2) is 0 Å². The number of piperazine rings is 1. The number of sulfonamides is 1. The molecule has 0 atom stereocenters. The molecular weight excluding hydrogens is 392 g/mol. The van der Waals surface area contributed by atoms with Crippen molar-refractivity contribution in [1.29, 1.82) is 0 Å². The zero-order valence-corrected chi connectivity index (χ0v) is 16.9. The normalized spacial score (nSPS) is 15.8. The van der Waals surface area contributed by atoms with Crippen LogP contribution in [-0.4, -0.2) is 62.1 Å². The summed E-state index contributed by atoms with van der Waals surface area (Å²) in [5.41, 5.74) is 4.04. The fourth-order valence-electron chi connectivity index (χ4n) is 3.29. The Hall–Kier alpha value is -2.46. The number of hydroxylamine groups is 1. The highest BCUT2D eigenvalue weighted by Gasteiger charge is 2.19. The van der Waals surface area contributed by atoms with Gasteiger partial charge in [0.25, 0.3) is 5.91 Å². The van der Waals surface area contributed by atoms with E-state index in [0.717, 1.165) is 43.9 Å². The number of nitrogens with zero attached hydrogens (tertiary/aromatic N) is 2. The van der Waals surface area contributed by atoms with Gasteiger partial charge in [0.1, 0.15) is 0 Å². The molecule has 156 valence electrons. The molecule has 0 unspecified atom stereocenters. The minimum Gasteiger partial charge on any atom is -0.297 e. The number of benzene rings is 2. The second-order valence-electron chi connectivity index (χ2n) is 7.13. The Morgan fingerprint density at radius 3 is 2.14 bits per heavy atom. The fourth-order valence-corrected chi connectivity index (χ4v) is 4.49. The van der Waals surface area contributed by atoms with Gasteiger partial charge < -0.3 is 0 Å². The van der Waals surface area contributed by atoms with Gasteiger partial charge in [-0.25, -0.2) is 13.9 Å². The number of carbonyl (C=O) groups is 1. The van der Waals surface area contributed by atoms with E-state index in [9.17, 15) is 13.2 Å². The number of rotatable bonds is 8. The molecule has 1 fully saturated rings. The molecule has 1 aliphatic heterocycles. The summed E-state index contributed by atoms with van der Waals surface area (Å²) in [6.07, 6.45) is 0. The molecule has 0 radical (unpaired) electrons. The van der Waals surface area contributed by atoms with Crippen LogP contribution in [0.15, 0.2) is 54.6 Å². The minimum absolute atomic E-state index is 0.0613. The van der Waals surface area contributed by atoms with E-state index in [4.69, 9.17) is 5.21 Å². The molecule has 1 heterocycles. The average Bonchev–Trinajstić information content (AvgIpc) is 2.71. The van der Waals surface area contributed by atoms with Gasteiger partial charge in [-0.1, -0.05) is 42.5 Å². The van der Waals surface area contributed by atoms with Gasteiger partial charge in [-0.05, 0) is 23.3 Å². The third-order valence-electron chi connectivity index (χ3n) is 4.79. The second kappa shape index (κ2) is 9.84. The Labute approximate surface area is 171 Å². The first kappa shape index (κ1) is 21.3. The maximum Gasteiger partial charge on any atom is 0.257 e. The number of hydrogen-bond acceptors (Lipinski definition) is 6. The molecule has 3 rings (SSSR count). The molecule has 0 bridgehead atoms. The van der Waals surface area contributed by atoms with Crippen LogP contribution >= 0.6 is 0 Å². The second-order valence-corrected chi connectivity index (χ2v) is 8.85. The first-order valence-electron chi connectivity index (χ1n) is 9.44. The average molecular weight is 419 g/mol. The summed E-state index contributed by atoms with van der Waals surface area (Å²) in [4.78, 5) is 15.5. The summed E-state index contributed by atoms with van der Waals surface area (Å²) < 4.78 is 27.3. The van der Waals surface area contributed by atoms with E-state index in [1.165, 1.54) is 0 Å². The van der Waals surface area contributed by atoms with E-state index >= 15 is 0 Å². The van der Waals surface area contributed by atoms with Crippen molar-refractivity contribution in [3.63, 3.8) is 0 Å². The number of anilines is 1. The van der Waals surface area contributed by atoms with Crippen LogP contribution in [0.5, 0.6) is 0 Å². The fraction of sp³-hybridized carbons (Fsp3) is 0.350. The summed E-state index contributed by atoms with van der Waals surface area (Å²) in [6, 6.07) is 16.5. The van der Waals surface area contributed by atoms with E-state index in [2.05, 4.69) is 9.62 Å². The topological polar surface area (TPSA) is 102 Å². The van der Waals surface area contributed by atoms with Gasteiger partial charge in [0.2, 0.25) is 10.0 Å². The maximum atomic E-state index is 12.3. The van der Waals surface area contributed by atoms with Crippen molar-refractivity contribution >= 4 is 21.6 Å². The van der Waals surface area contributed by atoms with E-state index in [1.54, 1.807) is 29.7 Å². The van der Waals surface area contributed by atoms with Gasteiger partial charge in [-0.3, -0.25) is 24.5 Å². The summed E-state index contributed by atoms with van der Waals surface area (Å²) in [6.45, 7) is 4.11. The molecule has 8 nitrogen and oxygen atoms in total. The Balaban J connectivity index is 1.48. The smallest absolute Gasteiger partial charge is 0.257 e. The highest BCUT2D eigenvalue weighted by Crippen LogP contribution is 2.16. The molecule has 1 aliphatic rings. The predicted molar refractivity (Wildman–Crippen MR) is 111 cm³/mol. The van der Waals surface area contributed by atoms with Crippen molar-refractivity contribution in [3.8, 4) is 0 Å². The van der Waals surface area contributed by atoms with Crippen molar-refractivity contribution in [2.45, 2.75) is 12.3 Å². The first-order valence-corrected chi connectivity index (χ1v) is 11.1. The maximum absolute atomic E-state index is 12.3. The van der Waals surface area contributed by atoms with Crippen LogP contribution in [-0.2, 0) is 27.1 Å². The van der Waals surface area contributed by atoms with Crippen molar-refractivity contribution < 1.29 is 18.4 Å². The summed E-state index contributed by atoms with van der Waals surface area (Å²) in [7, 11) is -3.46. The summed E-state index contributed by atoms with van der Waals surface area (Å²) in [5, 5.41) is 8.60. The highest BCUT2D eigenvalue weighted by molar-refractivity contribution is 7.91. The third kappa shape index (κ3) is 6.82. The zero-order chi connectivity index (χ0) is 20.7. The van der Waals surface area contributed by atoms with Crippen LogP contribution in [0.4, 0.5) is 5.69 Å². The Bertz CT molecular complexity index is 896. The lowest BCUT2D eigenvalue weighted by Gasteiger charge is -2.34. The van der Waals surface area contributed by atoms with Crippen LogP contribution in [0.2, 0.25) is 0 Å². The number of carbonyl (C=O) groups excluding carboxylic acids is 1. The first-order chi connectivity index (χ1) is 13.9. The quantitative estimate of drug-likeness (QED) is 0.441. The Morgan fingerprint density at radius 1 is 0.897 bits per heavy atom. The van der Waals surface area contributed by atoms with E-state index in [0.29, 0.717) is 5.69 Å². The largest absolute Gasteiger partial charge is 0.297 e. The summed E-state index contributed by atoms with van der Waals surface area (Å²) in [5.74, 6) is -0.461. The van der Waals surface area contributed by atoms with E-state index in [-0.39, 0.29) is 12.3 Å². The van der Waals surface area contributed by atoms with Crippen molar-refractivity contribution in [2.75, 3.05) is 37.4 Å². The molecular formula is C20H26N4O4S. The lowest BCUT2D eigenvalue weighted by atomic mass is 10.2. The van der Waals surface area contributed by atoms with Gasteiger partial charge in [0.05, 0.1) is 12.3 Å². The van der Waals surface area contributed by atoms with Gasteiger partial charge >= 0.3 is 0 Å². The van der Waals surface area contributed by atoms with Crippen molar-refractivity contribution in [1.82, 2.24) is 15.3 Å². The molecule has 0 aliphatic carbocycles. The minimum atomic E-state index is -3.46. The molecule has 2 aromatic carbocycles. The van der Waals surface area contributed by atoms with Gasteiger partial charge in [-0.15, -0.1) is 0 Å². The van der Waals surface area contributed by atoms with Crippen molar-refractivity contribution in [3.05, 3.63) is 65.7 Å². The SMILES string of the molecule is O=C(CN1CCN(Cc2ccc(NS(=O)(=O)Cc3ccccc3)cc2)CC1)NO. The van der Waals surface area contributed by atoms with E-state index < -0.39 is 15.9 Å². The lowest BCUT2D eigenvalue weighted by molar-refractivity contribution is -0.130. The number of hydrogen-bond donors (Lipinski definition) is 3. The number of amides is 1. The third-order valence-corrected chi connectivity index (χ3v) is 6.05. The molecule has 0 spiro atoms. The standard InChI is InChI=1S/C20H26N4O4S/c25-20(21-26)15-24-12-10-23(11-13-24)14-17-6-8-19(9-7-17)22-29(27,28)16-18-4-2-1-3-5-18/h1-9,22,26H,10-16H2,(H,21,25). The lowest BCUT2D eigenvalue weighted by Crippen LogP contribution is -2.48. The predicted octanol–water partition coefficient (Wildman–Crippen LogP) is 1.25. The molecule has 2 aromatic rings. The zero-order valence-electron chi connectivity index (χ0n) is 16.1. The highest BCUT2D eigenvalue weighted by atomic mass is 32.2. The van der Waals surface area contributed by atoms with Crippen LogP contribution in [0.3, 0.4) is 0 Å². The van der Waals surface area contributed by atoms with Crippen LogP contribution in [0.25, 0.3) is 0 Å². The molecule has 0 aromatic heterocycles. The van der Waals surface area contributed by atoms with Gasteiger partial charge in [0, 0.05) is 38.4 Å². The Morgan fingerprint density at radius 2 is 1.52 bits per heavy atom. The van der Waals surface area contributed by atoms with Gasteiger partial charge in [-0.2, -0.15) is 0 Å². The molecule has 9 heteroatoms. The molecule has 1 amide bonds. The number of nitrogens with one attached hydrogen (secondary N) is 2. The molecule has 3 N–H and O–H groups in total. The monoisotopic (exact) mass is 418 g/mol. The van der Waals surface area contributed by atoms with E-state index in [1.807, 2.05) is 35.2 Å². The van der Waals surface area contributed by atoms with Crippen LogP contribution in [0, 0.1) is 0 Å². The van der Waals surface area contributed by atoms with Crippen LogP contribution in [0.1, 0.15) is 11.1 Å². The summed E-state index contributed by atoms with van der Waals surface area (Å²) >= 11 is 0.